The minimum absolute atomic E-state index is 0.333. The third kappa shape index (κ3) is 3.41. The number of piperidine rings is 2. The van der Waals surface area contributed by atoms with Gasteiger partial charge in [-0.2, -0.15) is 0 Å². The molecule has 7 rings (SSSR count). The van der Waals surface area contributed by atoms with Gasteiger partial charge in [0.05, 0.1) is 6.17 Å². The van der Waals surface area contributed by atoms with Gasteiger partial charge in [0.2, 0.25) is 0 Å². The van der Waals surface area contributed by atoms with Crippen LogP contribution in [0.3, 0.4) is 0 Å². The molecule has 0 radical (unpaired) electrons. The van der Waals surface area contributed by atoms with E-state index in [1.165, 1.54) is 83.2 Å². The van der Waals surface area contributed by atoms with Gasteiger partial charge in [0, 0.05) is 44.7 Å². The monoisotopic (exact) mass is 384 g/mol. The van der Waals surface area contributed by atoms with Crippen molar-refractivity contribution in [1.82, 2.24) is 20.5 Å². The Hall–Kier alpha value is -0.980. The van der Waals surface area contributed by atoms with Gasteiger partial charge >= 0.3 is 0 Å². The lowest BCUT2D eigenvalue weighted by atomic mass is 9.68. The summed E-state index contributed by atoms with van der Waals surface area (Å²) >= 11 is 0. The first-order valence-electron chi connectivity index (χ1n) is 11.4. The molecule has 6 saturated heterocycles. The smallest absolute Gasteiger partial charge is 0.0925 e. The van der Waals surface area contributed by atoms with Crippen LogP contribution in [0.4, 0.5) is 0 Å². The number of hydrazine groups is 2. The molecule has 6 aliphatic rings. The second-order valence-corrected chi connectivity index (χ2v) is 9.78. The summed E-state index contributed by atoms with van der Waals surface area (Å²) in [6.45, 7) is 6.31. The summed E-state index contributed by atoms with van der Waals surface area (Å²) in [7, 11) is 0. The van der Waals surface area contributed by atoms with Crippen molar-refractivity contribution in [3.8, 4) is 0 Å². The summed E-state index contributed by atoms with van der Waals surface area (Å²) in [4.78, 5) is 0. The minimum atomic E-state index is 0.333. The van der Waals surface area contributed by atoms with Crippen molar-refractivity contribution in [1.29, 1.82) is 0 Å². The second kappa shape index (κ2) is 7.69. The van der Waals surface area contributed by atoms with E-state index in [4.69, 9.17) is 0 Å². The molecule has 6 aliphatic heterocycles. The number of hydrogen-bond acceptors (Lipinski definition) is 5. The van der Waals surface area contributed by atoms with E-state index in [0.29, 0.717) is 23.6 Å². The molecule has 4 bridgehead atoms. The molecule has 6 heterocycles. The fraction of sp³-hybridized carbons (Fsp3) is 0.739. The highest BCUT2D eigenvalue weighted by atomic mass is 16.2. The maximum atomic E-state index is 9.23. The number of nitrogens with one attached hydrogen (secondary N) is 1. The number of hydrogen-bond donors (Lipinski definition) is 2. The molecule has 0 spiro atoms. The van der Waals surface area contributed by atoms with Crippen LogP contribution in [0.5, 0.6) is 0 Å². The van der Waals surface area contributed by atoms with Gasteiger partial charge in [-0.1, -0.05) is 36.8 Å². The van der Waals surface area contributed by atoms with Crippen LogP contribution in [0.2, 0.25) is 0 Å². The average Bonchev–Trinajstić information content (AvgIpc) is 2.76. The number of nitrogens with zero attached hydrogens (tertiary/aromatic N) is 3. The van der Waals surface area contributed by atoms with Crippen molar-refractivity contribution in [2.75, 3.05) is 39.3 Å². The normalized spacial score (nSPS) is 40.1. The second-order valence-electron chi connectivity index (χ2n) is 9.78. The Morgan fingerprint density at radius 1 is 0.964 bits per heavy atom. The summed E-state index contributed by atoms with van der Waals surface area (Å²) in [5.74, 6) is 0. The number of unbranched alkanes of at least 4 members (excludes halogenated alkanes) is 1. The Morgan fingerprint density at radius 2 is 1.71 bits per heavy atom. The van der Waals surface area contributed by atoms with Crippen LogP contribution in [0, 0.1) is 10.8 Å². The fourth-order valence-corrected chi connectivity index (χ4v) is 6.35. The molecule has 5 heteroatoms. The number of rotatable bonds is 7. The zero-order chi connectivity index (χ0) is 19.0. The molecule has 1 atom stereocenters. The third-order valence-electron chi connectivity index (χ3n) is 8.12. The van der Waals surface area contributed by atoms with Gasteiger partial charge in [-0.25, -0.2) is 20.5 Å². The Bertz CT molecular complexity index is 650. The summed E-state index contributed by atoms with van der Waals surface area (Å²) in [6, 6.07) is 11.1. The van der Waals surface area contributed by atoms with Crippen LogP contribution in [-0.2, 0) is 6.42 Å². The predicted octanol–water partition coefficient (Wildman–Crippen LogP) is 2.63. The minimum Gasteiger partial charge on any atom is -0.396 e. The first-order valence-corrected chi connectivity index (χ1v) is 11.4. The topological polar surface area (TPSA) is 42.0 Å². The molecule has 5 nitrogen and oxygen atoms in total. The Labute approximate surface area is 169 Å². The molecule has 28 heavy (non-hydrogen) atoms. The Kier molecular flexibility index (Phi) is 5.22. The largest absolute Gasteiger partial charge is 0.396 e. The number of benzene rings is 1. The van der Waals surface area contributed by atoms with E-state index >= 15 is 0 Å². The summed E-state index contributed by atoms with van der Waals surface area (Å²) in [5, 5.41) is 17.1. The lowest BCUT2D eigenvalue weighted by Gasteiger charge is -2.64. The predicted molar refractivity (Wildman–Crippen MR) is 111 cm³/mol. The lowest BCUT2D eigenvalue weighted by Crippen LogP contribution is -2.76. The third-order valence-corrected chi connectivity index (χ3v) is 8.12. The first-order chi connectivity index (χ1) is 13.7. The number of fused-ring (bicyclic) bond motifs is 7. The Balaban J connectivity index is 1.38. The summed E-state index contributed by atoms with van der Waals surface area (Å²) in [5.41, 5.74) is 6.21. The maximum Gasteiger partial charge on any atom is 0.0925 e. The van der Waals surface area contributed by atoms with Crippen molar-refractivity contribution < 1.29 is 5.11 Å². The summed E-state index contributed by atoms with van der Waals surface area (Å²) < 4.78 is 0. The van der Waals surface area contributed by atoms with Gasteiger partial charge in [0.25, 0.3) is 0 Å². The standard InChI is InChI=1S/C23H36N4O/c28-17-5-4-8-22-9-15-26(16-10-22)27(19-22)21-23(11-13-25(24-21)14-12-23)18-20-6-2-1-3-7-20/h1-3,6-7,21,24,28H,4-5,8-19H2. The highest BCUT2D eigenvalue weighted by molar-refractivity contribution is 5.19. The van der Waals surface area contributed by atoms with E-state index in [9.17, 15) is 5.11 Å². The number of aliphatic hydroxyl groups excluding tert-OH is 1. The zero-order valence-electron chi connectivity index (χ0n) is 17.2. The fourth-order valence-electron chi connectivity index (χ4n) is 6.35. The molecule has 0 aliphatic carbocycles. The van der Waals surface area contributed by atoms with Crippen molar-refractivity contribution in [2.24, 2.45) is 10.8 Å². The Morgan fingerprint density at radius 3 is 2.43 bits per heavy atom. The van der Waals surface area contributed by atoms with Crippen LogP contribution in [-0.4, -0.2) is 65.6 Å². The van der Waals surface area contributed by atoms with Gasteiger partial charge in [-0.15, -0.1) is 0 Å². The molecule has 0 saturated carbocycles. The highest BCUT2D eigenvalue weighted by Gasteiger charge is 2.54. The zero-order valence-corrected chi connectivity index (χ0v) is 17.2. The summed E-state index contributed by atoms with van der Waals surface area (Å²) in [6.07, 6.45) is 10.3. The van der Waals surface area contributed by atoms with E-state index in [2.05, 4.69) is 50.8 Å². The molecule has 1 aromatic rings. The van der Waals surface area contributed by atoms with E-state index in [1.807, 2.05) is 0 Å². The van der Waals surface area contributed by atoms with E-state index in [0.717, 1.165) is 6.42 Å². The van der Waals surface area contributed by atoms with Gasteiger partial charge < -0.3 is 5.11 Å². The molecule has 1 unspecified atom stereocenters. The SMILES string of the molecule is OCCCCC12CCN(CC1)N(C1NN3CCC1(Cc1ccccc1)CC3)C2. The van der Waals surface area contributed by atoms with Crippen LogP contribution in [0.15, 0.2) is 30.3 Å². The molecular weight excluding hydrogens is 348 g/mol. The highest BCUT2D eigenvalue weighted by Crippen LogP contribution is 2.49. The van der Waals surface area contributed by atoms with Crippen molar-refractivity contribution in [2.45, 2.75) is 57.5 Å². The van der Waals surface area contributed by atoms with Gasteiger partial charge in [0.1, 0.15) is 0 Å². The number of aliphatic hydroxyl groups is 1. The van der Waals surface area contributed by atoms with Crippen molar-refractivity contribution in [3.05, 3.63) is 35.9 Å². The van der Waals surface area contributed by atoms with Crippen LogP contribution in [0.25, 0.3) is 0 Å². The molecule has 154 valence electrons. The van der Waals surface area contributed by atoms with Gasteiger partial charge in [0.15, 0.2) is 0 Å². The quantitative estimate of drug-likeness (QED) is 0.708. The molecule has 2 N–H and O–H groups in total. The van der Waals surface area contributed by atoms with Gasteiger partial charge in [-0.05, 0) is 55.9 Å². The van der Waals surface area contributed by atoms with Crippen LogP contribution < -0.4 is 5.43 Å². The molecule has 6 fully saturated rings. The van der Waals surface area contributed by atoms with Crippen LogP contribution in [0.1, 0.15) is 50.5 Å². The van der Waals surface area contributed by atoms with E-state index in [-0.39, 0.29) is 0 Å². The molecule has 1 aromatic carbocycles. The van der Waals surface area contributed by atoms with E-state index < -0.39 is 0 Å². The molecule has 0 amide bonds. The van der Waals surface area contributed by atoms with Gasteiger partial charge in [-0.3, -0.25) is 0 Å². The lowest BCUT2D eigenvalue weighted by molar-refractivity contribution is -0.240. The maximum absolute atomic E-state index is 9.23. The van der Waals surface area contributed by atoms with Crippen LogP contribution >= 0.6 is 0 Å². The first kappa shape index (κ1) is 19.0. The average molecular weight is 385 g/mol. The molecule has 0 aromatic heterocycles. The van der Waals surface area contributed by atoms with Crippen molar-refractivity contribution >= 4 is 0 Å². The molecular formula is C23H36N4O. The van der Waals surface area contributed by atoms with Crippen molar-refractivity contribution in [3.63, 3.8) is 0 Å². The van der Waals surface area contributed by atoms with E-state index in [1.54, 1.807) is 0 Å².